The van der Waals surface area contributed by atoms with Crippen molar-refractivity contribution < 1.29 is 0 Å². The van der Waals surface area contributed by atoms with Crippen molar-refractivity contribution in [3.63, 3.8) is 0 Å². The van der Waals surface area contributed by atoms with Gasteiger partial charge in [0, 0.05) is 87.7 Å². The van der Waals surface area contributed by atoms with E-state index in [1.54, 1.807) is 0 Å². The fraction of sp³-hybridized carbons (Fsp3) is 0. The molecule has 0 aliphatic carbocycles. The minimum Gasteiger partial charge on any atom is -0.311 e. The summed E-state index contributed by atoms with van der Waals surface area (Å²) in [6.45, 7) is 32.0. The van der Waals surface area contributed by atoms with Crippen LogP contribution in [0.15, 0.2) is 334 Å². The second-order valence-electron chi connectivity index (χ2n) is 28.8. The minimum absolute atomic E-state index is 0.451. The Balaban J connectivity index is 0.000000145. The summed E-state index contributed by atoms with van der Waals surface area (Å²) in [5.41, 5.74) is 23.8. The number of hydrogen-bond acceptors (Lipinski definition) is 3. The van der Waals surface area contributed by atoms with E-state index >= 15 is 0 Å². The Morgan fingerprint density at radius 2 is 0.509 bits per heavy atom. The van der Waals surface area contributed by atoms with Gasteiger partial charge in [0.25, 0.3) is 0 Å². The van der Waals surface area contributed by atoms with Crippen LogP contribution >= 0.6 is 0 Å². The summed E-state index contributed by atoms with van der Waals surface area (Å²) in [4.78, 5) is 15.4. The maximum atomic E-state index is 10.9. The van der Waals surface area contributed by atoms with Crippen molar-refractivity contribution in [2.45, 2.75) is 0 Å². The van der Waals surface area contributed by atoms with Gasteiger partial charge in [0.1, 0.15) is 12.1 Å². The molecule has 0 unspecified atom stereocenters. The summed E-state index contributed by atoms with van der Waals surface area (Å²) < 4.78 is 13.3. The summed E-state index contributed by atoms with van der Waals surface area (Å²) in [5, 5.41) is 44.1. The highest BCUT2D eigenvalue weighted by Gasteiger charge is 2.26. The zero-order chi connectivity index (χ0) is 78.0. The van der Waals surface area contributed by atoms with Gasteiger partial charge in [0.15, 0.2) is 22.7 Å². The Labute approximate surface area is 663 Å². The van der Waals surface area contributed by atoms with E-state index in [9.17, 15) is 15.8 Å². The van der Waals surface area contributed by atoms with Crippen LogP contribution in [0.2, 0.25) is 0 Å². The molecule has 0 spiro atoms. The molecule has 0 atom stereocenters. The van der Waals surface area contributed by atoms with Crippen LogP contribution in [0.5, 0.6) is 0 Å². The predicted molar refractivity (Wildman–Crippen MR) is 469 cm³/mol. The zero-order valence-electron chi connectivity index (χ0n) is 61.6. The normalized spacial score (nSPS) is 11.4. The second-order valence-corrected chi connectivity index (χ2v) is 28.8. The van der Waals surface area contributed by atoms with Gasteiger partial charge >= 0.3 is 0 Å². The Hall–Kier alpha value is -17.3. The molecular weight excluding hydrogens is 1420 g/mol. The van der Waals surface area contributed by atoms with Crippen LogP contribution in [0.1, 0.15) is 16.7 Å². The van der Waals surface area contributed by atoms with Crippen LogP contribution in [-0.2, 0) is 0 Å². The quantitative estimate of drug-likeness (QED) is 0.141. The molecule has 0 fully saturated rings. The van der Waals surface area contributed by atoms with Crippen LogP contribution in [0, 0.1) is 60.3 Å². The van der Waals surface area contributed by atoms with Crippen molar-refractivity contribution in [1.82, 2.24) is 27.4 Å². The molecule has 6 aromatic heterocycles. The number of benzene rings is 16. The summed E-state index contributed by atoms with van der Waals surface area (Å²) in [7, 11) is 0. The van der Waals surface area contributed by atoms with Crippen LogP contribution in [0.3, 0.4) is 0 Å². The van der Waals surface area contributed by atoms with Crippen molar-refractivity contribution in [2.24, 2.45) is 0 Å². The molecule has 0 saturated heterocycles. The molecule has 22 rings (SSSR count). The number of fused-ring (bicyclic) bond motifs is 18. The highest BCUT2D eigenvalue weighted by Crippen LogP contribution is 2.47. The number of hydrogen-bond donors (Lipinski definition) is 0. The first-order valence-electron chi connectivity index (χ1n) is 37.7. The van der Waals surface area contributed by atoms with E-state index in [1.165, 1.54) is 0 Å². The molecule has 16 aromatic carbocycles. The highest BCUT2D eigenvalue weighted by molar-refractivity contribution is 6.17. The molecule has 532 valence electrons. The van der Waals surface area contributed by atoms with Gasteiger partial charge in [-0.3, -0.25) is 0 Å². The number of aromatic nitrogens is 6. The van der Waals surface area contributed by atoms with Crippen molar-refractivity contribution in [1.29, 1.82) is 15.8 Å². The Kier molecular flexibility index (Phi) is 15.3. The zero-order valence-corrected chi connectivity index (χ0v) is 61.6. The van der Waals surface area contributed by atoms with Gasteiger partial charge in [0.05, 0.1) is 127 Å². The molecule has 0 saturated carbocycles. The van der Waals surface area contributed by atoms with Crippen LogP contribution in [0.4, 0.5) is 22.7 Å². The number of rotatable bonds is 8. The van der Waals surface area contributed by atoms with E-state index in [2.05, 4.69) is 241 Å². The molecule has 116 heavy (non-hydrogen) atoms. The van der Waals surface area contributed by atoms with Gasteiger partial charge < -0.3 is 27.4 Å². The maximum Gasteiger partial charge on any atom is 0.189 e. The van der Waals surface area contributed by atoms with Gasteiger partial charge in [-0.2, -0.15) is 15.8 Å². The van der Waals surface area contributed by atoms with Crippen LogP contribution < -0.4 is 0 Å². The van der Waals surface area contributed by atoms with Crippen LogP contribution in [-0.4, -0.2) is 27.4 Å². The molecular formula is C103H55N13. The van der Waals surface area contributed by atoms with E-state index in [0.717, 1.165) is 182 Å². The number of nitrogens with zero attached hydrogens (tertiary/aromatic N) is 13. The van der Waals surface area contributed by atoms with Gasteiger partial charge in [-0.15, -0.1) is 0 Å². The minimum atomic E-state index is 0.451. The topological polar surface area (TPSA) is 118 Å². The lowest BCUT2D eigenvalue weighted by Gasteiger charge is -2.18. The molecule has 0 amide bonds. The molecule has 0 radical (unpaired) electrons. The first-order valence-corrected chi connectivity index (χ1v) is 37.7. The largest absolute Gasteiger partial charge is 0.311 e. The molecule has 0 aliphatic heterocycles. The summed E-state index contributed by atoms with van der Waals surface area (Å²) in [6.07, 6.45) is 0. The summed E-state index contributed by atoms with van der Waals surface area (Å²) in [5.74, 6) is 0. The third kappa shape index (κ3) is 10.2. The first kappa shape index (κ1) is 66.9. The van der Waals surface area contributed by atoms with Gasteiger partial charge in [-0.25, -0.2) is 19.4 Å². The summed E-state index contributed by atoms with van der Waals surface area (Å²) >= 11 is 0. The fourth-order valence-electron chi connectivity index (χ4n) is 17.9. The van der Waals surface area contributed by atoms with E-state index in [1.807, 2.05) is 158 Å². The lowest BCUT2D eigenvalue weighted by atomic mass is 9.98. The molecule has 6 heterocycles. The Morgan fingerprint density at radius 1 is 0.207 bits per heavy atom. The number of nitriles is 3. The van der Waals surface area contributed by atoms with E-state index in [0.29, 0.717) is 45.1 Å². The van der Waals surface area contributed by atoms with Crippen LogP contribution in [0.25, 0.3) is 207 Å². The highest BCUT2D eigenvalue weighted by atomic mass is 15.0. The Morgan fingerprint density at radius 3 is 0.871 bits per heavy atom. The molecule has 13 heteroatoms. The molecule has 13 nitrogen and oxygen atoms in total. The van der Waals surface area contributed by atoms with E-state index < -0.39 is 0 Å². The molecule has 0 aliphatic rings. The predicted octanol–water partition coefficient (Wildman–Crippen LogP) is 27.1. The maximum absolute atomic E-state index is 10.9. The van der Waals surface area contributed by atoms with Crippen molar-refractivity contribution >= 4 is 154 Å². The van der Waals surface area contributed by atoms with Crippen molar-refractivity contribution in [2.75, 3.05) is 0 Å². The average molecular weight is 1470 g/mol. The SMILES string of the molecule is [C-]#[N+]c1cc(-c2cccc(C#N)c2-n2c3ccc([N+]#[C-])cc3c3ccc(-n4c5ccccc5c5ccccc54)cc32)cc(-n2c3ccccc3c3cc([N+]#[C-])ccc32)c1.[C-]#[N+]c1cc(-c2cccc(C#N)c2-n2c3ccccc3c3ccc(-n4c5ccccc5c5cc(C#N)ccc54)cc32)cc(-n2c3ccccc3c3ccccc32)c1. The van der Waals surface area contributed by atoms with Gasteiger partial charge in [-0.05, 0) is 180 Å². The van der Waals surface area contributed by atoms with Crippen molar-refractivity contribution in [3.8, 4) is 74.6 Å². The van der Waals surface area contributed by atoms with Crippen molar-refractivity contribution in [3.05, 3.63) is 396 Å². The fourth-order valence-corrected chi connectivity index (χ4v) is 17.9. The van der Waals surface area contributed by atoms with E-state index in [-0.39, 0.29) is 0 Å². The van der Waals surface area contributed by atoms with E-state index in [4.69, 9.17) is 26.3 Å². The number of para-hydroxylation sites is 9. The van der Waals surface area contributed by atoms with Gasteiger partial charge in [-0.1, -0.05) is 176 Å². The molecule has 0 N–H and O–H groups in total. The van der Waals surface area contributed by atoms with Gasteiger partial charge in [0.2, 0.25) is 0 Å². The first-order chi connectivity index (χ1) is 57.2. The third-order valence-corrected chi connectivity index (χ3v) is 22.7. The lowest BCUT2D eigenvalue weighted by Crippen LogP contribution is -2.02. The standard InChI is InChI=1S/C52H27N7.C51H28N6/c1-54-34-19-23-49-44(28-34)42-14-6-9-18-48(42)58(49)38-26-33(25-36(27-38)56-3)39-15-10-11-32(31-53)52(39)59-50-24-20-35(55-2)29-45(50)43-22-21-37(30-51(43)59)57-46-16-7-4-12-40(46)41-13-5-8-17-47(41)57;1-54-35-26-34(27-37(28-35)56-45-17-6-2-12-39(45)40-13-3-7-18-46(40)56)38-16-10-11-33(31-53)51(38)57-48-20-9-4-14-41(48)43-23-22-36(29-50(43)57)55-47-19-8-5-15-42(47)44-25-32(30-52)21-24-49(44)55/h4-30H;2-29H. The summed E-state index contributed by atoms with van der Waals surface area (Å²) in [6, 6.07) is 119. The Bertz CT molecular complexity index is 8290. The average Bonchev–Trinajstić information content (AvgIpc) is 1.54. The lowest BCUT2D eigenvalue weighted by molar-refractivity contribution is 1.15. The third-order valence-electron chi connectivity index (χ3n) is 22.7. The second kappa shape index (κ2) is 26.5. The smallest absolute Gasteiger partial charge is 0.189 e. The molecule has 0 bridgehead atoms. The monoisotopic (exact) mass is 1470 g/mol. The molecule has 22 aromatic rings.